The van der Waals surface area contributed by atoms with Crippen LogP contribution in [-0.2, 0) is 16.1 Å². The number of unbranched alkanes of at least 4 members (excludes halogenated alkanes) is 1. The summed E-state index contributed by atoms with van der Waals surface area (Å²) in [6, 6.07) is 7.47. The summed E-state index contributed by atoms with van der Waals surface area (Å²) < 4.78 is 0. The zero-order valence-electron chi connectivity index (χ0n) is 31.7. The molecule has 1 aromatic carbocycles. The fourth-order valence-electron chi connectivity index (χ4n) is 13.4. The van der Waals surface area contributed by atoms with Crippen molar-refractivity contribution in [3.63, 3.8) is 0 Å². The highest BCUT2D eigenvalue weighted by molar-refractivity contribution is 5.94. The molecular weight excluding hydrogens is 624 g/mol. The molecule has 2 amide bonds. The molecule has 0 heterocycles. The van der Waals surface area contributed by atoms with Crippen LogP contribution in [-0.4, -0.2) is 40.6 Å². The average Bonchev–Trinajstić information content (AvgIpc) is 3.47. The van der Waals surface area contributed by atoms with Crippen molar-refractivity contribution in [2.45, 2.75) is 138 Å². The Morgan fingerprint density at radius 2 is 1.62 bits per heavy atom. The number of carboxylic acid groups (broad SMARTS) is 1. The number of hydrogen-bond acceptors (Lipinski definition) is 4. The summed E-state index contributed by atoms with van der Waals surface area (Å²) >= 11 is 0. The minimum absolute atomic E-state index is 0.0605. The monoisotopic (exact) mass is 688 g/mol. The number of carboxylic acids is 1. The Bertz CT molecular complexity index is 1500. The Morgan fingerprint density at radius 3 is 2.34 bits per heavy atom. The molecule has 10 atom stereocenters. The third kappa shape index (κ3) is 5.86. The van der Waals surface area contributed by atoms with Crippen LogP contribution in [0.4, 0.5) is 0 Å². The third-order valence-electron chi connectivity index (χ3n) is 16.2. The highest BCUT2D eigenvalue weighted by Gasteiger charge is 2.71. The minimum atomic E-state index is -0.823. The molecule has 276 valence electrons. The lowest BCUT2D eigenvalue weighted by molar-refractivity contribution is -0.246. The van der Waals surface area contributed by atoms with Crippen molar-refractivity contribution >= 4 is 17.8 Å². The Morgan fingerprint density at radius 1 is 0.860 bits per heavy atom. The number of fused-ring (bicyclic) bond motifs is 7. The Kier molecular flexibility index (Phi) is 9.93. The standard InChI is InChI=1S/C43H64N2O5/c1-27(2)30-16-21-43(38(50)45-26-28-11-10-12-29(25-28)37(49)44-24-9-8-13-35(47)48)23-22-41(6)31(36(30)43)14-15-33-40(5)19-18-34(46)39(3,4)32(40)17-20-42(33,41)7/h10-12,25,30-34,36,46H,1,8-9,13-24,26H2,2-7H3,(H,44,49)(H,45,50)(H,47,48)/t30-,31?,32?,33?,34-,36?,40-,41+,42+,43-/m0/s1. The van der Waals surface area contributed by atoms with E-state index in [1.807, 2.05) is 18.2 Å². The zero-order chi connectivity index (χ0) is 36.3. The molecule has 7 nitrogen and oxygen atoms in total. The first kappa shape index (κ1) is 37.1. The molecule has 0 bridgehead atoms. The quantitative estimate of drug-likeness (QED) is 0.146. The smallest absolute Gasteiger partial charge is 0.303 e. The van der Waals surface area contributed by atoms with Gasteiger partial charge < -0.3 is 20.8 Å². The molecular formula is C43H64N2O5. The van der Waals surface area contributed by atoms with Gasteiger partial charge in [0, 0.05) is 25.1 Å². The highest BCUT2D eigenvalue weighted by atomic mass is 16.4. The van der Waals surface area contributed by atoms with Crippen LogP contribution in [0.2, 0.25) is 0 Å². The molecule has 5 aliphatic carbocycles. The van der Waals surface area contributed by atoms with Gasteiger partial charge in [-0.25, -0.2) is 0 Å². The third-order valence-corrected chi connectivity index (χ3v) is 16.2. The number of aliphatic hydroxyl groups is 1. The summed E-state index contributed by atoms with van der Waals surface area (Å²) in [5.74, 6) is 1.43. The van der Waals surface area contributed by atoms with Crippen LogP contribution in [0.5, 0.6) is 0 Å². The molecule has 50 heavy (non-hydrogen) atoms. The lowest BCUT2D eigenvalue weighted by Crippen LogP contribution is -2.67. The summed E-state index contributed by atoms with van der Waals surface area (Å²) in [4.78, 5) is 38.2. The number of amides is 2. The molecule has 4 N–H and O–H groups in total. The van der Waals surface area contributed by atoms with E-state index in [-0.39, 0.29) is 51.9 Å². The van der Waals surface area contributed by atoms with Crippen molar-refractivity contribution in [3.05, 3.63) is 47.5 Å². The van der Waals surface area contributed by atoms with Crippen LogP contribution in [0.25, 0.3) is 0 Å². The van der Waals surface area contributed by atoms with Gasteiger partial charge in [0.25, 0.3) is 5.91 Å². The summed E-state index contributed by atoms with van der Waals surface area (Å²) in [7, 11) is 0. The Balaban J connectivity index is 1.19. The molecule has 0 aliphatic heterocycles. The Hall–Kier alpha value is -2.67. The van der Waals surface area contributed by atoms with Gasteiger partial charge in [-0.05, 0) is 153 Å². The molecule has 5 fully saturated rings. The number of benzene rings is 1. The first-order valence-electron chi connectivity index (χ1n) is 19.7. The predicted molar refractivity (Wildman–Crippen MR) is 197 cm³/mol. The van der Waals surface area contributed by atoms with Crippen molar-refractivity contribution in [1.82, 2.24) is 10.6 Å². The molecule has 5 aliphatic rings. The van der Waals surface area contributed by atoms with E-state index in [2.05, 4.69) is 58.8 Å². The molecule has 1 aromatic rings. The fraction of sp³-hybridized carbons (Fsp3) is 0.744. The molecule has 0 saturated heterocycles. The maximum Gasteiger partial charge on any atom is 0.303 e. The number of nitrogens with one attached hydrogen (secondary N) is 2. The predicted octanol–water partition coefficient (Wildman–Crippen LogP) is 8.31. The van der Waals surface area contributed by atoms with Crippen molar-refractivity contribution in [2.24, 2.45) is 56.7 Å². The van der Waals surface area contributed by atoms with Gasteiger partial charge in [-0.3, -0.25) is 14.4 Å². The van der Waals surface area contributed by atoms with Crippen LogP contribution in [0.3, 0.4) is 0 Å². The van der Waals surface area contributed by atoms with Gasteiger partial charge in [0.05, 0.1) is 11.5 Å². The number of hydrogen-bond donors (Lipinski definition) is 4. The van der Waals surface area contributed by atoms with Crippen LogP contribution in [0.1, 0.15) is 141 Å². The van der Waals surface area contributed by atoms with E-state index in [1.54, 1.807) is 6.07 Å². The lowest BCUT2D eigenvalue weighted by Gasteiger charge is -2.72. The van der Waals surface area contributed by atoms with Crippen molar-refractivity contribution in [1.29, 1.82) is 0 Å². The minimum Gasteiger partial charge on any atom is -0.481 e. The molecule has 0 aromatic heterocycles. The topological polar surface area (TPSA) is 116 Å². The first-order valence-corrected chi connectivity index (χ1v) is 19.7. The molecule has 0 radical (unpaired) electrons. The SMILES string of the molecule is C=C(C)[C@@H]1CC[C@]2(C(=O)NCc3cccc(C(=O)NCCCCC(=O)O)c3)CC[C@]3(C)C(CCC4[C@@]5(C)CC[C@H](O)C(C)(C)C5CC[C@]43C)C12. The van der Waals surface area contributed by atoms with E-state index in [1.165, 1.54) is 31.3 Å². The van der Waals surface area contributed by atoms with Gasteiger partial charge in [0.1, 0.15) is 0 Å². The molecule has 0 spiro atoms. The number of aliphatic carboxylic acids is 1. The average molecular weight is 689 g/mol. The summed E-state index contributed by atoms with van der Waals surface area (Å²) in [6.07, 6.45) is 11.7. The van der Waals surface area contributed by atoms with Gasteiger partial charge >= 0.3 is 5.97 Å². The molecule has 5 saturated carbocycles. The van der Waals surface area contributed by atoms with Gasteiger partial charge in [-0.15, -0.1) is 0 Å². The number of carbonyl (C=O) groups excluding carboxylic acids is 2. The second-order valence-electron chi connectivity index (χ2n) is 18.7. The number of carbonyl (C=O) groups is 3. The van der Waals surface area contributed by atoms with Crippen LogP contribution in [0, 0.1) is 56.7 Å². The van der Waals surface area contributed by atoms with Crippen LogP contribution in [0.15, 0.2) is 36.4 Å². The van der Waals surface area contributed by atoms with Gasteiger partial charge in [0.2, 0.25) is 5.91 Å². The number of allylic oxidation sites excluding steroid dienone is 1. The number of aliphatic hydroxyl groups excluding tert-OH is 1. The van der Waals surface area contributed by atoms with E-state index in [4.69, 9.17) is 5.11 Å². The van der Waals surface area contributed by atoms with E-state index < -0.39 is 11.4 Å². The fourth-order valence-corrected chi connectivity index (χ4v) is 13.4. The largest absolute Gasteiger partial charge is 0.481 e. The van der Waals surface area contributed by atoms with Gasteiger partial charge in [-0.1, -0.05) is 58.9 Å². The van der Waals surface area contributed by atoms with E-state index in [0.29, 0.717) is 55.2 Å². The molecule has 4 unspecified atom stereocenters. The second kappa shape index (κ2) is 13.4. The zero-order valence-corrected chi connectivity index (χ0v) is 31.7. The van der Waals surface area contributed by atoms with Gasteiger partial charge in [0.15, 0.2) is 0 Å². The van der Waals surface area contributed by atoms with E-state index in [9.17, 15) is 19.5 Å². The maximum atomic E-state index is 14.6. The van der Waals surface area contributed by atoms with Gasteiger partial charge in [-0.2, -0.15) is 0 Å². The summed E-state index contributed by atoms with van der Waals surface area (Å²) in [5, 5.41) is 26.2. The summed E-state index contributed by atoms with van der Waals surface area (Å²) in [5.41, 5.74) is 2.78. The van der Waals surface area contributed by atoms with Crippen molar-refractivity contribution in [2.75, 3.05) is 6.54 Å². The second-order valence-corrected chi connectivity index (χ2v) is 18.7. The lowest BCUT2D eigenvalue weighted by atomic mass is 9.32. The van der Waals surface area contributed by atoms with Crippen molar-refractivity contribution in [3.8, 4) is 0 Å². The highest BCUT2D eigenvalue weighted by Crippen LogP contribution is 2.77. The maximum absolute atomic E-state index is 14.6. The van der Waals surface area contributed by atoms with E-state index >= 15 is 0 Å². The molecule has 6 rings (SSSR count). The van der Waals surface area contributed by atoms with Crippen LogP contribution < -0.4 is 10.6 Å². The number of rotatable bonds is 10. The Labute approximate surface area is 300 Å². The molecule has 7 heteroatoms. The van der Waals surface area contributed by atoms with Crippen molar-refractivity contribution < 1.29 is 24.6 Å². The first-order chi connectivity index (χ1) is 23.5. The normalized spacial score (nSPS) is 40.0. The van der Waals surface area contributed by atoms with E-state index in [0.717, 1.165) is 44.1 Å². The summed E-state index contributed by atoms with van der Waals surface area (Å²) in [6.45, 7) is 19.9. The van der Waals surface area contributed by atoms with Crippen LogP contribution >= 0.6 is 0 Å².